The van der Waals surface area contributed by atoms with Crippen LogP contribution in [0.15, 0.2) is 22.7 Å². The molecule has 0 aliphatic heterocycles. The Labute approximate surface area is 124 Å². The predicted molar refractivity (Wildman–Crippen MR) is 76.2 cm³/mol. The number of anilines is 1. The number of hydrogen-bond acceptors (Lipinski definition) is 2. The predicted octanol–water partition coefficient (Wildman–Crippen LogP) is 3.86. The molecule has 6 heteroatoms. The fraction of sp³-hybridized carbons (Fsp3) is 0.214. The first-order valence-electron chi connectivity index (χ1n) is 5.87. The summed E-state index contributed by atoms with van der Waals surface area (Å²) in [6.07, 6.45) is 0. The molecule has 0 aliphatic carbocycles. The summed E-state index contributed by atoms with van der Waals surface area (Å²) in [7, 11) is 1.80. The summed E-state index contributed by atoms with van der Waals surface area (Å²) in [5.41, 5.74) is 2.57. The Morgan fingerprint density at radius 3 is 2.60 bits per heavy atom. The average Bonchev–Trinajstić information content (AvgIpc) is 2.69. The number of nitrogens with one attached hydrogen (secondary N) is 1. The molecule has 0 atom stereocenters. The molecule has 0 radical (unpaired) electrons. The van der Waals surface area contributed by atoms with E-state index in [1.54, 1.807) is 17.7 Å². The molecule has 20 heavy (non-hydrogen) atoms. The molecule has 0 unspecified atom stereocenters. The van der Waals surface area contributed by atoms with Crippen LogP contribution in [0, 0.1) is 29.9 Å². The van der Waals surface area contributed by atoms with Gasteiger partial charge in [-0.2, -0.15) is 5.26 Å². The Hall–Kier alpha value is -1.87. The van der Waals surface area contributed by atoms with Crippen molar-refractivity contribution in [2.45, 2.75) is 13.5 Å². The van der Waals surface area contributed by atoms with E-state index in [1.165, 1.54) is 6.07 Å². The standard InChI is InChI=1S/C14H12BrF2N3/c1-8-9(3-10(6-18)20(8)2)7-19-14-4-11(15)12(16)5-13(14)17/h3-5,19H,7H2,1-2H3. The maximum Gasteiger partial charge on any atom is 0.149 e. The van der Waals surface area contributed by atoms with E-state index in [4.69, 9.17) is 5.26 Å². The molecule has 0 saturated heterocycles. The number of halogens is 3. The van der Waals surface area contributed by atoms with Crippen molar-refractivity contribution in [3.05, 3.63) is 51.3 Å². The maximum atomic E-state index is 13.6. The molecule has 0 fully saturated rings. The van der Waals surface area contributed by atoms with Gasteiger partial charge in [0.15, 0.2) is 0 Å². The van der Waals surface area contributed by atoms with Gasteiger partial charge >= 0.3 is 0 Å². The van der Waals surface area contributed by atoms with Crippen molar-refractivity contribution in [3.8, 4) is 6.07 Å². The first-order chi connectivity index (χ1) is 9.43. The van der Waals surface area contributed by atoms with Gasteiger partial charge in [0.25, 0.3) is 0 Å². The van der Waals surface area contributed by atoms with Crippen molar-refractivity contribution in [1.29, 1.82) is 5.26 Å². The molecule has 1 aromatic heterocycles. The average molecular weight is 340 g/mol. The fourth-order valence-electron chi connectivity index (χ4n) is 1.90. The Bertz CT molecular complexity index is 701. The highest BCUT2D eigenvalue weighted by Gasteiger charge is 2.11. The summed E-state index contributed by atoms with van der Waals surface area (Å²) in [6, 6.07) is 6.02. The highest BCUT2D eigenvalue weighted by atomic mass is 79.9. The first kappa shape index (κ1) is 14.5. The van der Waals surface area contributed by atoms with E-state index >= 15 is 0 Å². The fourth-order valence-corrected chi connectivity index (χ4v) is 2.24. The monoisotopic (exact) mass is 339 g/mol. The third kappa shape index (κ3) is 2.68. The number of rotatable bonds is 3. The lowest BCUT2D eigenvalue weighted by Crippen LogP contribution is -2.03. The summed E-state index contributed by atoms with van der Waals surface area (Å²) in [5.74, 6) is -1.30. The molecular formula is C14H12BrF2N3. The minimum atomic E-state index is -0.653. The van der Waals surface area contributed by atoms with Crippen LogP contribution in [0.2, 0.25) is 0 Å². The van der Waals surface area contributed by atoms with E-state index in [0.29, 0.717) is 12.2 Å². The van der Waals surface area contributed by atoms with E-state index < -0.39 is 11.6 Å². The Morgan fingerprint density at radius 2 is 2.00 bits per heavy atom. The quantitative estimate of drug-likeness (QED) is 0.862. The molecule has 1 aromatic carbocycles. The lowest BCUT2D eigenvalue weighted by Gasteiger charge is -2.09. The largest absolute Gasteiger partial charge is 0.378 e. The van der Waals surface area contributed by atoms with Gasteiger partial charge in [-0.3, -0.25) is 0 Å². The van der Waals surface area contributed by atoms with Gasteiger partial charge in [-0.05, 0) is 40.5 Å². The van der Waals surface area contributed by atoms with Gasteiger partial charge in [0.1, 0.15) is 23.4 Å². The second-order valence-corrected chi connectivity index (χ2v) is 5.27. The maximum absolute atomic E-state index is 13.6. The number of hydrogen-bond donors (Lipinski definition) is 1. The van der Waals surface area contributed by atoms with Gasteiger partial charge in [0.05, 0.1) is 10.2 Å². The van der Waals surface area contributed by atoms with Crippen LogP contribution in [-0.2, 0) is 13.6 Å². The van der Waals surface area contributed by atoms with Crippen molar-refractivity contribution in [3.63, 3.8) is 0 Å². The lowest BCUT2D eigenvalue weighted by molar-refractivity contribution is 0.580. The zero-order chi connectivity index (χ0) is 14.9. The summed E-state index contributed by atoms with van der Waals surface area (Å²) < 4.78 is 28.7. The smallest absolute Gasteiger partial charge is 0.149 e. The van der Waals surface area contributed by atoms with Crippen molar-refractivity contribution in [1.82, 2.24) is 4.57 Å². The van der Waals surface area contributed by atoms with Gasteiger partial charge in [-0.1, -0.05) is 0 Å². The molecular weight excluding hydrogens is 328 g/mol. The topological polar surface area (TPSA) is 40.8 Å². The van der Waals surface area contributed by atoms with Crippen LogP contribution in [0.5, 0.6) is 0 Å². The molecule has 3 nitrogen and oxygen atoms in total. The molecule has 104 valence electrons. The molecule has 0 spiro atoms. The van der Waals surface area contributed by atoms with Crippen LogP contribution >= 0.6 is 15.9 Å². The summed E-state index contributed by atoms with van der Waals surface area (Å²) in [4.78, 5) is 0. The Kier molecular flexibility index (Phi) is 4.09. The lowest BCUT2D eigenvalue weighted by atomic mass is 10.2. The Balaban J connectivity index is 2.22. The number of nitriles is 1. The second kappa shape index (κ2) is 5.63. The SMILES string of the molecule is Cc1c(CNc2cc(Br)c(F)cc2F)cc(C#N)n1C. The van der Waals surface area contributed by atoms with Gasteiger partial charge in [-0.25, -0.2) is 8.78 Å². The highest BCUT2D eigenvalue weighted by Crippen LogP contribution is 2.24. The third-order valence-corrected chi connectivity index (χ3v) is 3.84. The normalized spacial score (nSPS) is 10.4. The van der Waals surface area contributed by atoms with Crippen molar-refractivity contribution in [2.75, 3.05) is 5.32 Å². The Morgan fingerprint density at radius 1 is 1.30 bits per heavy atom. The number of nitrogens with zero attached hydrogens (tertiary/aromatic N) is 2. The van der Waals surface area contributed by atoms with E-state index in [1.807, 2.05) is 6.92 Å². The van der Waals surface area contributed by atoms with Crippen molar-refractivity contribution in [2.24, 2.45) is 7.05 Å². The molecule has 1 N–H and O–H groups in total. The molecule has 0 bridgehead atoms. The van der Waals surface area contributed by atoms with Crippen LogP contribution in [0.3, 0.4) is 0 Å². The van der Waals surface area contributed by atoms with E-state index in [9.17, 15) is 8.78 Å². The molecule has 2 aromatic rings. The highest BCUT2D eigenvalue weighted by molar-refractivity contribution is 9.10. The van der Waals surface area contributed by atoms with Gasteiger partial charge in [0, 0.05) is 25.4 Å². The minimum Gasteiger partial charge on any atom is -0.378 e. The zero-order valence-electron chi connectivity index (χ0n) is 11.0. The zero-order valence-corrected chi connectivity index (χ0v) is 12.6. The van der Waals surface area contributed by atoms with Crippen LogP contribution in [0.25, 0.3) is 0 Å². The van der Waals surface area contributed by atoms with E-state index in [-0.39, 0.29) is 10.2 Å². The third-order valence-electron chi connectivity index (χ3n) is 3.23. The molecule has 0 aliphatic rings. The van der Waals surface area contributed by atoms with Crippen LogP contribution < -0.4 is 5.32 Å². The molecule has 0 saturated carbocycles. The molecule has 1 heterocycles. The van der Waals surface area contributed by atoms with Gasteiger partial charge in [0.2, 0.25) is 0 Å². The van der Waals surface area contributed by atoms with E-state index in [0.717, 1.165) is 17.3 Å². The first-order valence-corrected chi connectivity index (χ1v) is 6.67. The summed E-state index contributed by atoms with van der Waals surface area (Å²) in [6.45, 7) is 2.24. The number of benzene rings is 1. The second-order valence-electron chi connectivity index (χ2n) is 4.41. The molecule has 0 amide bonds. The van der Waals surface area contributed by atoms with Crippen molar-refractivity contribution >= 4 is 21.6 Å². The van der Waals surface area contributed by atoms with Crippen molar-refractivity contribution < 1.29 is 8.78 Å². The molecule has 2 rings (SSSR count). The van der Waals surface area contributed by atoms with Crippen LogP contribution in [0.4, 0.5) is 14.5 Å². The van der Waals surface area contributed by atoms with Gasteiger partial charge in [-0.15, -0.1) is 0 Å². The number of aromatic nitrogens is 1. The van der Waals surface area contributed by atoms with E-state index in [2.05, 4.69) is 27.3 Å². The van der Waals surface area contributed by atoms with Crippen LogP contribution in [-0.4, -0.2) is 4.57 Å². The van der Waals surface area contributed by atoms with Crippen LogP contribution in [0.1, 0.15) is 17.0 Å². The summed E-state index contributed by atoms with van der Waals surface area (Å²) in [5, 5.41) is 11.9. The summed E-state index contributed by atoms with van der Waals surface area (Å²) >= 11 is 3.02. The van der Waals surface area contributed by atoms with Gasteiger partial charge < -0.3 is 9.88 Å². The minimum absolute atomic E-state index is 0.198.